The zero-order valence-electron chi connectivity index (χ0n) is 7.86. The van der Waals surface area contributed by atoms with Crippen LogP contribution in [-0.4, -0.2) is 0 Å². The second-order valence-corrected chi connectivity index (χ2v) is 3.79. The number of rotatable bonds is 1. The summed E-state index contributed by atoms with van der Waals surface area (Å²) in [6.45, 7) is 0. The number of halogens is 6. The summed E-state index contributed by atoms with van der Waals surface area (Å²) in [7, 11) is 0. The van der Waals surface area contributed by atoms with Crippen LogP contribution in [0.1, 0.15) is 11.1 Å². The Bertz CT molecular complexity index is 424. The van der Waals surface area contributed by atoms with Crippen LogP contribution in [0.3, 0.4) is 0 Å². The quantitative estimate of drug-likeness (QED) is 0.432. The highest BCUT2D eigenvalue weighted by Gasteiger charge is 2.36. The molecule has 1 nitrogen and oxygen atoms in total. The molecule has 0 atom stereocenters. The average Bonchev–Trinajstić information content (AvgIpc) is 2.15. The first-order valence-corrected chi connectivity index (χ1v) is 4.81. The Labute approximate surface area is 96.0 Å². The maximum absolute atomic E-state index is 12.3. The van der Waals surface area contributed by atoms with Crippen LogP contribution in [0.5, 0.6) is 0 Å². The highest BCUT2D eigenvalue weighted by molar-refractivity contribution is 8.03. The van der Waals surface area contributed by atoms with E-state index in [9.17, 15) is 26.3 Å². The number of hydrogen-bond acceptors (Lipinski definition) is 2. The molecule has 1 aromatic carbocycles. The molecule has 0 radical (unpaired) electrons. The third-order valence-electron chi connectivity index (χ3n) is 1.72. The molecule has 0 aromatic heterocycles. The Morgan fingerprint density at radius 1 is 0.882 bits per heavy atom. The number of nitrogens with zero attached hydrogens (tertiary/aromatic N) is 1. The van der Waals surface area contributed by atoms with Gasteiger partial charge in [0.05, 0.1) is 11.1 Å². The molecule has 0 aliphatic heterocycles. The number of hydrogen-bond donors (Lipinski definition) is 0. The number of nitriles is 1. The first kappa shape index (κ1) is 13.7. The van der Waals surface area contributed by atoms with Gasteiger partial charge < -0.3 is 0 Å². The lowest BCUT2D eigenvalue weighted by Gasteiger charge is -2.12. The SMILES string of the molecule is N#CSc1cc(C(F)(F)F)cc(C(F)(F)F)c1. The van der Waals surface area contributed by atoms with E-state index in [1.807, 2.05) is 0 Å². The maximum atomic E-state index is 12.3. The molecule has 0 aliphatic rings. The van der Waals surface area contributed by atoms with Gasteiger partial charge in [-0.1, -0.05) is 0 Å². The Balaban J connectivity index is 3.35. The molecule has 0 saturated heterocycles. The summed E-state index contributed by atoms with van der Waals surface area (Å²) in [5, 5.41) is 9.68. The van der Waals surface area contributed by atoms with Crippen LogP contribution in [0.2, 0.25) is 0 Å². The van der Waals surface area contributed by atoms with Gasteiger partial charge in [0.2, 0.25) is 0 Å². The second kappa shape index (κ2) is 4.49. The van der Waals surface area contributed by atoms with Crippen LogP contribution in [0.15, 0.2) is 23.1 Å². The molecule has 92 valence electrons. The zero-order valence-corrected chi connectivity index (χ0v) is 8.67. The lowest BCUT2D eigenvalue weighted by Crippen LogP contribution is -2.10. The fourth-order valence-corrected chi connectivity index (χ4v) is 1.52. The summed E-state index contributed by atoms with van der Waals surface area (Å²) in [6.07, 6.45) is -9.77. The van der Waals surface area contributed by atoms with Gasteiger partial charge in [-0.3, -0.25) is 0 Å². The van der Waals surface area contributed by atoms with Crippen LogP contribution < -0.4 is 0 Å². The van der Waals surface area contributed by atoms with Crippen molar-refractivity contribution in [2.45, 2.75) is 17.2 Å². The minimum Gasteiger partial charge on any atom is -0.185 e. The fourth-order valence-electron chi connectivity index (χ4n) is 1.04. The van der Waals surface area contributed by atoms with Crippen LogP contribution in [0.25, 0.3) is 0 Å². The van der Waals surface area contributed by atoms with Crippen molar-refractivity contribution in [3.8, 4) is 5.40 Å². The van der Waals surface area contributed by atoms with Crippen molar-refractivity contribution >= 4 is 11.8 Å². The van der Waals surface area contributed by atoms with E-state index in [1.165, 1.54) is 5.40 Å². The minimum absolute atomic E-state index is 0.0153. The van der Waals surface area contributed by atoms with E-state index in [-0.39, 0.29) is 17.8 Å². The summed E-state index contributed by atoms with van der Waals surface area (Å²) >= 11 is 0.241. The van der Waals surface area contributed by atoms with Gasteiger partial charge in [0, 0.05) is 4.90 Å². The maximum Gasteiger partial charge on any atom is 0.416 e. The van der Waals surface area contributed by atoms with Crippen molar-refractivity contribution in [3.05, 3.63) is 29.3 Å². The lowest BCUT2D eigenvalue weighted by molar-refractivity contribution is -0.143. The Kier molecular flexibility index (Phi) is 3.62. The largest absolute Gasteiger partial charge is 0.416 e. The predicted octanol–water partition coefficient (Wildman–Crippen LogP) is 4.30. The van der Waals surface area contributed by atoms with Gasteiger partial charge >= 0.3 is 12.4 Å². The van der Waals surface area contributed by atoms with E-state index in [4.69, 9.17) is 5.26 Å². The van der Waals surface area contributed by atoms with Gasteiger partial charge in [-0.2, -0.15) is 31.6 Å². The molecule has 0 aliphatic carbocycles. The van der Waals surface area contributed by atoms with E-state index >= 15 is 0 Å². The van der Waals surface area contributed by atoms with Gasteiger partial charge in [-0.25, -0.2) is 0 Å². The highest BCUT2D eigenvalue weighted by atomic mass is 32.2. The summed E-state index contributed by atoms with van der Waals surface area (Å²) < 4.78 is 73.9. The summed E-state index contributed by atoms with van der Waals surface area (Å²) in [5.41, 5.74) is -2.85. The van der Waals surface area contributed by atoms with E-state index in [0.717, 1.165) is 0 Å². The second-order valence-electron chi connectivity index (χ2n) is 2.93. The third-order valence-corrected chi connectivity index (χ3v) is 2.29. The summed E-state index contributed by atoms with van der Waals surface area (Å²) in [6, 6.07) is 1.02. The molecule has 17 heavy (non-hydrogen) atoms. The van der Waals surface area contributed by atoms with Crippen molar-refractivity contribution in [2.24, 2.45) is 0 Å². The number of thiocyanates is 1. The lowest BCUT2D eigenvalue weighted by atomic mass is 10.1. The molecule has 0 bridgehead atoms. The molecule has 0 fully saturated rings. The molecule has 0 heterocycles. The summed E-state index contributed by atoms with van der Waals surface area (Å²) in [5.74, 6) is 0. The molecule has 1 rings (SSSR count). The molecule has 8 heteroatoms. The molecule has 0 spiro atoms. The van der Waals surface area contributed by atoms with Crippen molar-refractivity contribution in [1.82, 2.24) is 0 Å². The Morgan fingerprint density at radius 3 is 1.59 bits per heavy atom. The van der Waals surface area contributed by atoms with E-state index in [0.29, 0.717) is 12.1 Å². The van der Waals surface area contributed by atoms with Gasteiger partial charge in [-0.15, -0.1) is 0 Å². The monoisotopic (exact) mass is 271 g/mol. The van der Waals surface area contributed by atoms with Gasteiger partial charge in [0.1, 0.15) is 5.40 Å². The van der Waals surface area contributed by atoms with E-state index in [2.05, 4.69) is 0 Å². The number of alkyl halides is 6. The number of benzene rings is 1. The van der Waals surface area contributed by atoms with Gasteiger partial charge in [0.15, 0.2) is 0 Å². The van der Waals surface area contributed by atoms with Crippen molar-refractivity contribution in [3.63, 3.8) is 0 Å². The highest BCUT2D eigenvalue weighted by Crippen LogP contribution is 2.38. The molecular formula is C9H3F6NS. The Morgan fingerprint density at radius 2 is 1.29 bits per heavy atom. The average molecular weight is 271 g/mol. The molecule has 0 unspecified atom stereocenters. The summed E-state index contributed by atoms with van der Waals surface area (Å²) in [4.78, 5) is -0.394. The topological polar surface area (TPSA) is 23.8 Å². The molecule has 0 saturated carbocycles. The van der Waals surface area contributed by atoms with Crippen LogP contribution in [0.4, 0.5) is 26.3 Å². The number of thioether (sulfide) groups is 1. The molecule has 0 amide bonds. The normalized spacial score (nSPS) is 12.3. The van der Waals surface area contributed by atoms with Crippen molar-refractivity contribution in [1.29, 1.82) is 5.26 Å². The van der Waals surface area contributed by atoms with E-state index < -0.39 is 28.4 Å². The zero-order chi connectivity index (χ0) is 13.3. The van der Waals surface area contributed by atoms with Crippen LogP contribution in [0, 0.1) is 10.7 Å². The fraction of sp³-hybridized carbons (Fsp3) is 0.222. The third kappa shape index (κ3) is 3.56. The molecule has 1 aromatic rings. The van der Waals surface area contributed by atoms with Crippen molar-refractivity contribution in [2.75, 3.05) is 0 Å². The first-order valence-electron chi connectivity index (χ1n) is 4.00. The van der Waals surface area contributed by atoms with Gasteiger partial charge in [0.25, 0.3) is 0 Å². The smallest absolute Gasteiger partial charge is 0.185 e. The van der Waals surface area contributed by atoms with Gasteiger partial charge in [-0.05, 0) is 30.0 Å². The standard InChI is InChI=1S/C9H3F6NS/c10-8(11,12)5-1-6(9(13,14)15)3-7(2-5)17-4-16/h1-3H. The van der Waals surface area contributed by atoms with Crippen molar-refractivity contribution < 1.29 is 26.3 Å². The molecule has 0 N–H and O–H groups in total. The minimum atomic E-state index is -4.88. The van der Waals surface area contributed by atoms with Crippen LogP contribution >= 0.6 is 11.8 Å². The van der Waals surface area contributed by atoms with Crippen LogP contribution in [-0.2, 0) is 12.4 Å². The first-order chi connectivity index (χ1) is 7.64. The molecular weight excluding hydrogens is 268 g/mol. The Hall–Kier alpha value is -1.36. The predicted molar refractivity (Wildman–Crippen MR) is 47.9 cm³/mol. The van der Waals surface area contributed by atoms with E-state index in [1.54, 1.807) is 0 Å².